The molecule has 0 aliphatic carbocycles. The fourth-order valence-electron chi connectivity index (χ4n) is 3.14. The highest BCUT2D eigenvalue weighted by molar-refractivity contribution is 5.90. The minimum atomic E-state index is -0.749. The predicted octanol–water partition coefficient (Wildman–Crippen LogP) is 2.17. The highest BCUT2D eigenvalue weighted by Crippen LogP contribution is 2.30. The van der Waals surface area contributed by atoms with Gasteiger partial charge in [0.1, 0.15) is 17.6 Å². The Labute approximate surface area is 165 Å². The molecule has 4 rings (SSSR count). The summed E-state index contributed by atoms with van der Waals surface area (Å²) in [6, 6.07) is 7.90. The fourth-order valence-corrected chi connectivity index (χ4v) is 3.14. The van der Waals surface area contributed by atoms with E-state index in [0.717, 1.165) is 0 Å². The van der Waals surface area contributed by atoms with Crippen molar-refractivity contribution in [3.63, 3.8) is 0 Å². The third-order valence-electron chi connectivity index (χ3n) is 4.76. The van der Waals surface area contributed by atoms with Gasteiger partial charge in [0, 0.05) is 17.3 Å². The third kappa shape index (κ3) is 3.66. The first-order valence-corrected chi connectivity index (χ1v) is 9.13. The number of halogens is 1. The number of ether oxygens (including phenoxy) is 1. The van der Waals surface area contributed by atoms with Gasteiger partial charge in [0.05, 0.1) is 25.4 Å². The summed E-state index contributed by atoms with van der Waals surface area (Å²) in [5.41, 5.74) is 1.82. The molecule has 0 saturated carbocycles. The molecule has 1 unspecified atom stereocenters. The zero-order valence-electron chi connectivity index (χ0n) is 15.9. The van der Waals surface area contributed by atoms with Gasteiger partial charge in [-0.1, -0.05) is 13.0 Å². The second-order valence-corrected chi connectivity index (χ2v) is 6.71. The van der Waals surface area contributed by atoms with Crippen molar-refractivity contribution in [2.24, 2.45) is 7.05 Å². The molecule has 1 aliphatic rings. The summed E-state index contributed by atoms with van der Waals surface area (Å²) in [6.07, 6.45) is 0.0218. The number of rotatable bonds is 5. The molecule has 29 heavy (non-hydrogen) atoms. The number of carbonyl (C=O) groups is 1. The van der Waals surface area contributed by atoms with Crippen LogP contribution in [0.1, 0.15) is 13.3 Å². The Bertz CT molecular complexity index is 1040. The summed E-state index contributed by atoms with van der Waals surface area (Å²) in [7, 11) is 1.66. The first-order chi connectivity index (χ1) is 14.0. The molecule has 0 bridgehead atoms. The van der Waals surface area contributed by atoms with Gasteiger partial charge in [0.25, 0.3) is 0 Å². The van der Waals surface area contributed by atoms with E-state index in [0.29, 0.717) is 34.8 Å². The topological polar surface area (TPSA) is 106 Å². The summed E-state index contributed by atoms with van der Waals surface area (Å²) in [6.45, 7) is 1.98. The number of carbonyl (C=O) groups excluding carboxylic acids is 1. The summed E-state index contributed by atoms with van der Waals surface area (Å²) in [5, 5.41) is 21.6. The molecule has 1 aliphatic heterocycles. The molecule has 1 fully saturated rings. The average molecular weight is 398 g/mol. The smallest absolute Gasteiger partial charge is 0.414 e. The van der Waals surface area contributed by atoms with Crippen molar-refractivity contribution in [3.8, 4) is 22.6 Å². The largest absolute Gasteiger partial charge is 0.441 e. The molecular formula is C19H19FN6O3. The monoisotopic (exact) mass is 398 g/mol. The van der Waals surface area contributed by atoms with Gasteiger partial charge < -0.3 is 9.84 Å². The van der Waals surface area contributed by atoms with E-state index in [2.05, 4.69) is 20.4 Å². The van der Waals surface area contributed by atoms with E-state index in [1.54, 1.807) is 38.2 Å². The van der Waals surface area contributed by atoms with Gasteiger partial charge in [0.2, 0.25) is 5.82 Å². The van der Waals surface area contributed by atoms with Gasteiger partial charge in [-0.25, -0.2) is 9.18 Å². The molecule has 1 aromatic carbocycles. The highest BCUT2D eigenvalue weighted by atomic mass is 19.1. The van der Waals surface area contributed by atoms with Gasteiger partial charge in [-0.15, -0.1) is 10.2 Å². The molecule has 3 aromatic rings. The Morgan fingerprint density at radius 1 is 1.34 bits per heavy atom. The van der Waals surface area contributed by atoms with E-state index in [1.165, 1.54) is 22.0 Å². The Morgan fingerprint density at radius 3 is 2.79 bits per heavy atom. The van der Waals surface area contributed by atoms with Crippen LogP contribution in [0.2, 0.25) is 0 Å². The van der Waals surface area contributed by atoms with Crippen LogP contribution in [0, 0.1) is 5.82 Å². The number of amides is 1. The quantitative estimate of drug-likeness (QED) is 0.702. The molecule has 1 N–H and O–H groups in total. The second-order valence-electron chi connectivity index (χ2n) is 6.71. The number of cyclic esters (lactones) is 1. The number of nitrogens with zero attached hydrogens (tertiary/aromatic N) is 6. The molecule has 1 saturated heterocycles. The molecule has 150 valence electrons. The van der Waals surface area contributed by atoms with Gasteiger partial charge in [-0.05, 0) is 35.9 Å². The standard InChI is InChI=1S/C19H19FN6O3/c1-3-16(27)17-10-26(19(28)29-17)12-5-6-13(14(20)8-12)11-4-7-15(21-9-11)18-22-24-25(2)23-18/h4-9,16-17,27H,3,10H2,1-2H3/t16?,17-/m1/s1. The first-order valence-electron chi connectivity index (χ1n) is 9.13. The van der Waals surface area contributed by atoms with E-state index in [-0.39, 0.29) is 6.54 Å². The van der Waals surface area contributed by atoms with E-state index in [4.69, 9.17) is 4.74 Å². The van der Waals surface area contributed by atoms with E-state index in [1.807, 2.05) is 0 Å². The Hall–Kier alpha value is -3.40. The van der Waals surface area contributed by atoms with E-state index >= 15 is 0 Å². The van der Waals surface area contributed by atoms with Crippen LogP contribution in [-0.2, 0) is 11.8 Å². The van der Waals surface area contributed by atoms with Gasteiger partial charge >= 0.3 is 6.09 Å². The molecule has 0 radical (unpaired) electrons. The number of anilines is 1. The minimum absolute atomic E-state index is 0.175. The van der Waals surface area contributed by atoms with Crippen LogP contribution >= 0.6 is 0 Å². The number of hydrogen-bond donors (Lipinski definition) is 1. The van der Waals surface area contributed by atoms with Gasteiger partial charge in [-0.2, -0.15) is 4.80 Å². The number of tetrazole rings is 1. The lowest BCUT2D eigenvalue weighted by Crippen LogP contribution is -2.30. The average Bonchev–Trinajstić information content (AvgIpc) is 3.33. The number of pyridine rings is 1. The fraction of sp³-hybridized carbons (Fsp3) is 0.316. The van der Waals surface area contributed by atoms with Crippen molar-refractivity contribution in [3.05, 3.63) is 42.3 Å². The van der Waals surface area contributed by atoms with E-state index in [9.17, 15) is 14.3 Å². The Morgan fingerprint density at radius 2 is 2.17 bits per heavy atom. The van der Waals surface area contributed by atoms with Crippen molar-refractivity contribution in [2.75, 3.05) is 11.4 Å². The lowest BCUT2D eigenvalue weighted by molar-refractivity contribution is 0.0308. The third-order valence-corrected chi connectivity index (χ3v) is 4.76. The minimum Gasteiger partial charge on any atom is -0.441 e. The molecule has 10 heteroatoms. The van der Waals surface area contributed by atoms with Gasteiger partial charge in [0.15, 0.2) is 0 Å². The Balaban J connectivity index is 1.55. The molecule has 1 amide bonds. The van der Waals surface area contributed by atoms with Gasteiger partial charge in [-0.3, -0.25) is 9.88 Å². The summed E-state index contributed by atoms with van der Waals surface area (Å²) in [4.78, 5) is 19.0. The molecule has 0 spiro atoms. The Kier molecular flexibility index (Phi) is 4.93. The number of aliphatic hydroxyl groups is 1. The molecule has 2 aromatic heterocycles. The lowest BCUT2D eigenvalue weighted by Gasteiger charge is -2.16. The van der Waals surface area contributed by atoms with Crippen LogP contribution in [0.15, 0.2) is 36.5 Å². The first kappa shape index (κ1) is 18.9. The van der Waals surface area contributed by atoms with Crippen molar-refractivity contribution < 1.29 is 19.0 Å². The van der Waals surface area contributed by atoms with Crippen LogP contribution in [0.4, 0.5) is 14.9 Å². The number of benzene rings is 1. The second kappa shape index (κ2) is 7.55. The summed E-state index contributed by atoms with van der Waals surface area (Å²) >= 11 is 0. The number of hydrogen-bond acceptors (Lipinski definition) is 7. The zero-order chi connectivity index (χ0) is 20.5. The highest BCUT2D eigenvalue weighted by Gasteiger charge is 2.36. The normalized spacial score (nSPS) is 17.4. The summed E-state index contributed by atoms with van der Waals surface area (Å²) < 4.78 is 19.9. The van der Waals surface area contributed by atoms with Crippen LogP contribution < -0.4 is 4.90 Å². The predicted molar refractivity (Wildman–Crippen MR) is 101 cm³/mol. The van der Waals surface area contributed by atoms with Crippen molar-refractivity contribution in [2.45, 2.75) is 25.6 Å². The van der Waals surface area contributed by atoms with Crippen molar-refractivity contribution >= 4 is 11.8 Å². The number of aryl methyl sites for hydroxylation is 1. The number of aromatic nitrogens is 5. The summed E-state index contributed by atoms with van der Waals surface area (Å²) in [5.74, 6) is -0.117. The van der Waals surface area contributed by atoms with Crippen LogP contribution in [0.3, 0.4) is 0 Å². The van der Waals surface area contributed by atoms with Crippen molar-refractivity contribution in [1.82, 2.24) is 25.2 Å². The van der Waals surface area contributed by atoms with Crippen LogP contribution in [0.5, 0.6) is 0 Å². The molecule has 3 heterocycles. The van der Waals surface area contributed by atoms with Crippen LogP contribution in [-0.4, -0.2) is 55.1 Å². The molecular weight excluding hydrogens is 379 g/mol. The lowest BCUT2D eigenvalue weighted by atomic mass is 10.1. The number of aliphatic hydroxyl groups excluding tert-OH is 1. The maximum atomic E-state index is 14.8. The van der Waals surface area contributed by atoms with Crippen LogP contribution in [0.25, 0.3) is 22.6 Å². The van der Waals surface area contributed by atoms with E-state index < -0.39 is 24.1 Å². The maximum absolute atomic E-state index is 14.8. The van der Waals surface area contributed by atoms with Crippen molar-refractivity contribution in [1.29, 1.82) is 0 Å². The molecule has 9 nitrogen and oxygen atoms in total. The zero-order valence-corrected chi connectivity index (χ0v) is 15.9. The SMILES string of the molecule is CCC(O)[C@H]1CN(c2ccc(-c3ccc(-c4nnn(C)n4)nc3)c(F)c2)C(=O)O1. The molecule has 2 atom stereocenters. The maximum Gasteiger partial charge on any atom is 0.414 e.